The van der Waals surface area contributed by atoms with Gasteiger partial charge in [-0.25, -0.2) is 0 Å². The van der Waals surface area contributed by atoms with Gasteiger partial charge < -0.3 is 0 Å². The molecule has 1 aromatic carbocycles. The molecule has 4 aliphatic rings. The lowest BCUT2D eigenvalue weighted by molar-refractivity contribution is 0.229. The average molecular weight is 238 g/mol. The highest BCUT2D eigenvalue weighted by Gasteiger charge is 2.56. The lowest BCUT2D eigenvalue weighted by Crippen LogP contribution is -2.31. The predicted molar refractivity (Wildman–Crippen MR) is 76.4 cm³/mol. The highest BCUT2D eigenvalue weighted by Crippen LogP contribution is 2.64. The zero-order chi connectivity index (χ0) is 12.3. The van der Waals surface area contributed by atoms with Crippen molar-refractivity contribution in [3.63, 3.8) is 0 Å². The van der Waals surface area contributed by atoms with Crippen LogP contribution in [0.1, 0.15) is 50.2 Å². The fourth-order valence-corrected chi connectivity index (χ4v) is 5.27. The quantitative estimate of drug-likeness (QED) is 0.694. The zero-order valence-electron chi connectivity index (χ0n) is 11.3. The third kappa shape index (κ3) is 1.38. The van der Waals surface area contributed by atoms with Crippen LogP contribution < -0.4 is 0 Å². The summed E-state index contributed by atoms with van der Waals surface area (Å²) in [5.41, 5.74) is 4.65. The first-order valence-corrected chi connectivity index (χ1v) is 7.43. The van der Waals surface area contributed by atoms with Crippen molar-refractivity contribution in [2.45, 2.75) is 44.4 Å². The molecule has 0 spiro atoms. The van der Waals surface area contributed by atoms with Crippen molar-refractivity contribution in [3.05, 3.63) is 42.0 Å². The summed E-state index contributed by atoms with van der Waals surface area (Å²) < 4.78 is 0. The van der Waals surface area contributed by atoms with E-state index in [2.05, 4.69) is 37.8 Å². The molecule has 0 amide bonds. The van der Waals surface area contributed by atoms with Crippen LogP contribution in [0.3, 0.4) is 0 Å². The molecule has 0 N–H and O–H groups in total. The SMILES string of the molecule is C=C(C)c1ccc(C23CC4CC(C2)C(C4)C3)cc1. The Bertz CT molecular complexity index is 474. The summed E-state index contributed by atoms with van der Waals surface area (Å²) in [6.45, 7) is 6.12. The normalized spacial score (nSPS) is 40.4. The molecule has 0 aromatic heterocycles. The Morgan fingerprint density at radius 2 is 1.67 bits per heavy atom. The lowest BCUT2D eigenvalue weighted by atomic mass is 9.66. The van der Waals surface area contributed by atoms with Crippen LogP contribution in [0.15, 0.2) is 30.8 Å². The molecule has 0 heteroatoms. The summed E-state index contributed by atoms with van der Waals surface area (Å²) in [5, 5.41) is 0. The third-order valence-corrected chi connectivity index (χ3v) is 5.91. The molecule has 4 fully saturated rings. The molecule has 1 aromatic rings. The fourth-order valence-electron chi connectivity index (χ4n) is 5.27. The van der Waals surface area contributed by atoms with Gasteiger partial charge in [0.2, 0.25) is 0 Å². The Morgan fingerprint density at radius 3 is 2.17 bits per heavy atom. The Morgan fingerprint density at radius 1 is 1.06 bits per heavy atom. The highest BCUT2D eigenvalue weighted by atomic mass is 14.6. The first kappa shape index (κ1) is 10.8. The molecule has 0 aliphatic heterocycles. The van der Waals surface area contributed by atoms with E-state index in [1.807, 2.05) is 0 Å². The second kappa shape index (κ2) is 3.50. The van der Waals surface area contributed by atoms with Gasteiger partial charge in [0.1, 0.15) is 0 Å². The van der Waals surface area contributed by atoms with E-state index in [0.717, 1.165) is 17.8 Å². The van der Waals surface area contributed by atoms with Gasteiger partial charge in [0.25, 0.3) is 0 Å². The molecule has 0 nitrogen and oxygen atoms in total. The largest absolute Gasteiger partial charge is 0.0955 e. The monoisotopic (exact) mass is 238 g/mol. The summed E-state index contributed by atoms with van der Waals surface area (Å²) >= 11 is 0. The Hall–Kier alpha value is -1.04. The van der Waals surface area contributed by atoms with Gasteiger partial charge in [-0.2, -0.15) is 0 Å². The van der Waals surface area contributed by atoms with Gasteiger partial charge in [0.05, 0.1) is 0 Å². The molecule has 2 atom stereocenters. The van der Waals surface area contributed by atoms with Crippen LogP contribution in [-0.2, 0) is 5.41 Å². The van der Waals surface area contributed by atoms with Crippen molar-refractivity contribution < 1.29 is 0 Å². The van der Waals surface area contributed by atoms with Gasteiger partial charge in [-0.05, 0) is 73.3 Å². The van der Waals surface area contributed by atoms with E-state index < -0.39 is 0 Å². The Labute approximate surface area is 110 Å². The standard InChI is InChI=1S/C18H22/c1-12(2)14-3-5-17(6-4-14)18-9-13-7-15(10-18)16(8-13)11-18/h3-6,13,15-16H,1,7-11H2,2H3. The Kier molecular flexibility index (Phi) is 2.11. The van der Waals surface area contributed by atoms with Crippen LogP contribution in [0.4, 0.5) is 0 Å². The molecular weight excluding hydrogens is 216 g/mol. The molecule has 0 heterocycles. The van der Waals surface area contributed by atoms with Gasteiger partial charge >= 0.3 is 0 Å². The van der Waals surface area contributed by atoms with E-state index in [9.17, 15) is 0 Å². The van der Waals surface area contributed by atoms with Crippen LogP contribution in [0.25, 0.3) is 5.57 Å². The van der Waals surface area contributed by atoms with Gasteiger partial charge in [0, 0.05) is 0 Å². The molecule has 94 valence electrons. The summed E-state index contributed by atoms with van der Waals surface area (Å²) in [6, 6.07) is 9.33. The minimum atomic E-state index is 0.560. The van der Waals surface area contributed by atoms with E-state index in [-0.39, 0.29) is 0 Å². The molecule has 0 radical (unpaired) electrons. The number of hydrogen-bond donors (Lipinski definition) is 0. The van der Waals surface area contributed by atoms with Crippen LogP contribution in [0, 0.1) is 17.8 Å². The number of benzene rings is 1. The van der Waals surface area contributed by atoms with E-state index in [0.29, 0.717) is 5.41 Å². The van der Waals surface area contributed by atoms with Crippen LogP contribution in [0.2, 0.25) is 0 Å². The molecule has 2 unspecified atom stereocenters. The minimum absolute atomic E-state index is 0.560. The number of rotatable bonds is 2. The molecule has 18 heavy (non-hydrogen) atoms. The Balaban J connectivity index is 1.69. The van der Waals surface area contributed by atoms with E-state index in [4.69, 9.17) is 0 Å². The van der Waals surface area contributed by atoms with Crippen molar-refractivity contribution in [3.8, 4) is 0 Å². The summed E-state index contributed by atoms with van der Waals surface area (Å²) in [4.78, 5) is 0. The first-order chi connectivity index (χ1) is 8.66. The lowest BCUT2D eigenvalue weighted by Gasteiger charge is -2.39. The maximum absolute atomic E-state index is 4.03. The number of allylic oxidation sites excluding steroid dienone is 1. The van der Waals surface area contributed by atoms with E-state index >= 15 is 0 Å². The van der Waals surface area contributed by atoms with Crippen LogP contribution in [0.5, 0.6) is 0 Å². The first-order valence-electron chi connectivity index (χ1n) is 7.43. The van der Waals surface area contributed by atoms with Crippen molar-refractivity contribution in [2.75, 3.05) is 0 Å². The van der Waals surface area contributed by atoms with Crippen molar-refractivity contribution in [1.29, 1.82) is 0 Å². The number of hydrogen-bond acceptors (Lipinski definition) is 0. The molecule has 5 rings (SSSR count). The maximum atomic E-state index is 4.03. The smallest absolute Gasteiger partial charge is 0.00389 e. The fraction of sp³-hybridized carbons (Fsp3) is 0.556. The molecule has 4 bridgehead atoms. The second-order valence-corrected chi connectivity index (χ2v) is 7.11. The van der Waals surface area contributed by atoms with Gasteiger partial charge in [-0.1, -0.05) is 36.4 Å². The summed E-state index contributed by atoms with van der Waals surface area (Å²) in [7, 11) is 0. The molecule has 4 aliphatic carbocycles. The third-order valence-electron chi connectivity index (χ3n) is 5.91. The molecular formula is C18H22. The van der Waals surface area contributed by atoms with Crippen LogP contribution in [-0.4, -0.2) is 0 Å². The van der Waals surface area contributed by atoms with E-state index in [1.54, 1.807) is 5.56 Å². The topological polar surface area (TPSA) is 0 Å². The van der Waals surface area contributed by atoms with Crippen LogP contribution >= 0.6 is 0 Å². The maximum Gasteiger partial charge on any atom is -0.00389 e. The molecule has 4 saturated carbocycles. The van der Waals surface area contributed by atoms with Gasteiger partial charge in [-0.15, -0.1) is 0 Å². The van der Waals surface area contributed by atoms with E-state index in [1.165, 1.54) is 43.2 Å². The second-order valence-electron chi connectivity index (χ2n) is 7.11. The summed E-state index contributed by atoms with van der Waals surface area (Å²) in [5.74, 6) is 3.16. The highest BCUT2D eigenvalue weighted by molar-refractivity contribution is 5.61. The molecule has 0 saturated heterocycles. The van der Waals surface area contributed by atoms with Gasteiger partial charge in [-0.3, -0.25) is 0 Å². The minimum Gasteiger partial charge on any atom is -0.0955 e. The van der Waals surface area contributed by atoms with Crippen molar-refractivity contribution in [1.82, 2.24) is 0 Å². The zero-order valence-corrected chi connectivity index (χ0v) is 11.3. The van der Waals surface area contributed by atoms with Crippen molar-refractivity contribution >= 4 is 5.57 Å². The van der Waals surface area contributed by atoms with Gasteiger partial charge in [0.15, 0.2) is 0 Å². The average Bonchev–Trinajstić information content (AvgIpc) is 2.78. The van der Waals surface area contributed by atoms with Crippen molar-refractivity contribution in [2.24, 2.45) is 17.8 Å². The predicted octanol–water partition coefficient (Wildman–Crippen LogP) is 4.80. The summed E-state index contributed by atoms with van der Waals surface area (Å²) in [6.07, 6.45) is 7.49.